The van der Waals surface area contributed by atoms with Crippen LogP contribution in [0.3, 0.4) is 0 Å². The number of halogens is 2. The SMILES string of the molecule is Cc1ncn(Cc2cnc(Cl)cn2)c(=O)c1I. The summed E-state index contributed by atoms with van der Waals surface area (Å²) in [6.45, 7) is 2.14. The van der Waals surface area contributed by atoms with Crippen molar-refractivity contribution in [2.45, 2.75) is 13.5 Å². The smallest absolute Gasteiger partial charge is 0.267 e. The first-order valence-corrected chi connectivity index (χ1v) is 6.21. The Labute approximate surface area is 116 Å². The molecule has 0 radical (unpaired) electrons. The summed E-state index contributed by atoms with van der Waals surface area (Å²) in [4.78, 5) is 24.0. The maximum Gasteiger partial charge on any atom is 0.267 e. The molecular formula is C10H8ClIN4O. The minimum Gasteiger partial charge on any atom is -0.292 e. The van der Waals surface area contributed by atoms with Crippen LogP contribution in [0.1, 0.15) is 11.4 Å². The number of hydrogen-bond donors (Lipinski definition) is 0. The van der Waals surface area contributed by atoms with Crippen LogP contribution in [-0.4, -0.2) is 19.5 Å². The maximum absolute atomic E-state index is 11.9. The van der Waals surface area contributed by atoms with Gasteiger partial charge in [0.1, 0.15) is 5.15 Å². The summed E-state index contributed by atoms with van der Waals surface area (Å²) in [6, 6.07) is 0. The van der Waals surface area contributed by atoms with Crippen LogP contribution >= 0.6 is 34.2 Å². The van der Waals surface area contributed by atoms with Crippen LogP contribution in [-0.2, 0) is 6.54 Å². The lowest BCUT2D eigenvalue weighted by molar-refractivity contribution is 0.704. The summed E-state index contributed by atoms with van der Waals surface area (Å²) in [5, 5.41) is 0.331. The molecule has 0 aliphatic carbocycles. The largest absolute Gasteiger partial charge is 0.292 e. The molecule has 0 amide bonds. The first-order chi connectivity index (χ1) is 8.08. The second kappa shape index (κ2) is 5.09. The lowest BCUT2D eigenvalue weighted by Gasteiger charge is -2.06. The van der Waals surface area contributed by atoms with Crippen LogP contribution in [0.5, 0.6) is 0 Å². The molecule has 0 fully saturated rings. The molecule has 0 saturated heterocycles. The minimum absolute atomic E-state index is 0.0742. The molecule has 2 aromatic heterocycles. The normalized spacial score (nSPS) is 10.5. The van der Waals surface area contributed by atoms with E-state index in [0.717, 1.165) is 5.69 Å². The zero-order valence-electron chi connectivity index (χ0n) is 8.89. The highest BCUT2D eigenvalue weighted by Crippen LogP contribution is 2.04. The molecule has 17 heavy (non-hydrogen) atoms. The molecule has 0 aliphatic heterocycles. The van der Waals surface area contributed by atoms with E-state index in [0.29, 0.717) is 21.0 Å². The van der Waals surface area contributed by atoms with Gasteiger partial charge in [-0.1, -0.05) is 11.6 Å². The fraction of sp³-hybridized carbons (Fsp3) is 0.200. The molecule has 5 nitrogen and oxygen atoms in total. The molecule has 88 valence electrons. The molecule has 0 aliphatic rings. The molecule has 0 spiro atoms. The van der Waals surface area contributed by atoms with Crippen LogP contribution in [0.4, 0.5) is 0 Å². The number of aryl methyl sites for hydroxylation is 1. The molecule has 2 heterocycles. The van der Waals surface area contributed by atoms with Gasteiger partial charge in [0, 0.05) is 0 Å². The van der Waals surface area contributed by atoms with Crippen LogP contribution in [0, 0.1) is 10.5 Å². The zero-order valence-corrected chi connectivity index (χ0v) is 11.8. The zero-order chi connectivity index (χ0) is 12.4. The Bertz CT molecular complexity index is 596. The molecular weight excluding hydrogens is 354 g/mol. The molecule has 2 rings (SSSR count). The highest BCUT2D eigenvalue weighted by molar-refractivity contribution is 14.1. The van der Waals surface area contributed by atoms with Crippen LogP contribution in [0.15, 0.2) is 23.5 Å². The average molecular weight is 363 g/mol. The standard InChI is InChI=1S/C10H8ClIN4O/c1-6-9(12)10(17)16(5-15-6)4-7-2-14-8(11)3-13-7/h2-3,5H,4H2,1H3. The Morgan fingerprint density at radius 2 is 2.12 bits per heavy atom. The predicted molar refractivity (Wildman–Crippen MR) is 72.1 cm³/mol. The molecule has 0 unspecified atom stereocenters. The molecule has 0 bridgehead atoms. The van der Waals surface area contributed by atoms with Crippen LogP contribution in [0.25, 0.3) is 0 Å². The van der Waals surface area contributed by atoms with E-state index in [9.17, 15) is 4.79 Å². The van der Waals surface area contributed by atoms with Crippen molar-refractivity contribution < 1.29 is 0 Å². The Hall–Kier alpha value is -1.02. The van der Waals surface area contributed by atoms with E-state index in [1.54, 1.807) is 13.1 Å². The Kier molecular flexibility index (Phi) is 3.72. The summed E-state index contributed by atoms with van der Waals surface area (Å²) in [5.41, 5.74) is 1.32. The fourth-order valence-corrected chi connectivity index (χ4v) is 1.80. The van der Waals surface area contributed by atoms with Gasteiger partial charge in [-0.2, -0.15) is 0 Å². The predicted octanol–water partition coefficient (Wildman–Crippen LogP) is 1.65. The van der Waals surface area contributed by atoms with Gasteiger partial charge in [0.2, 0.25) is 0 Å². The molecule has 0 aromatic carbocycles. The summed E-state index contributed by atoms with van der Waals surface area (Å²) >= 11 is 7.63. The molecule has 2 aromatic rings. The van der Waals surface area contributed by atoms with Crippen molar-refractivity contribution in [2.75, 3.05) is 0 Å². The van der Waals surface area contributed by atoms with Crippen molar-refractivity contribution in [3.8, 4) is 0 Å². The summed E-state index contributed by atoms with van der Waals surface area (Å²) in [6.07, 6.45) is 4.51. The topological polar surface area (TPSA) is 60.7 Å². The Balaban J connectivity index is 2.34. The third-order valence-corrected chi connectivity index (χ3v) is 3.60. The van der Waals surface area contributed by atoms with Gasteiger partial charge in [-0.3, -0.25) is 14.3 Å². The number of hydrogen-bond acceptors (Lipinski definition) is 4. The summed E-state index contributed by atoms with van der Waals surface area (Å²) < 4.78 is 2.11. The third-order valence-electron chi connectivity index (χ3n) is 2.16. The van der Waals surface area contributed by atoms with Crippen molar-refractivity contribution in [1.29, 1.82) is 0 Å². The van der Waals surface area contributed by atoms with Crippen molar-refractivity contribution in [2.24, 2.45) is 0 Å². The van der Waals surface area contributed by atoms with Gasteiger partial charge < -0.3 is 0 Å². The number of nitrogens with zero attached hydrogens (tertiary/aromatic N) is 4. The molecule has 0 saturated carbocycles. The van der Waals surface area contributed by atoms with Gasteiger partial charge in [-0.25, -0.2) is 9.97 Å². The lowest BCUT2D eigenvalue weighted by Crippen LogP contribution is -2.24. The van der Waals surface area contributed by atoms with Gasteiger partial charge in [-0.15, -0.1) is 0 Å². The lowest BCUT2D eigenvalue weighted by atomic mass is 10.4. The minimum atomic E-state index is -0.0742. The molecule has 7 heteroatoms. The van der Waals surface area contributed by atoms with Crippen LogP contribution < -0.4 is 5.56 Å². The molecule has 0 N–H and O–H groups in total. The highest BCUT2D eigenvalue weighted by atomic mass is 127. The highest BCUT2D eigenvalue weighted by Gasteiger charge is 2.06. The Morgan fingerprint density at radius 1 is 1.35 bits per heavy atom. The van der Waals surface area contributed by atoms with E-state index in [1.165, 1.54) is 17.1 Å². The maximum atomic E-state index is 11.9. The monoisotopic (exact) mass is 362 g/mol. The fourth-order valence-electron chi connectivity index (χ4n) is 1.25. The van der Waals surface area contributed by atoms with Gasteiger partial charge in [-0.05, 0) is 29.5 Å². The van der Waals surface area contributed by atoms with Crippen molar-refractivity contribution in [3.63, 3.8) is 0 Å². The van der Waals surface area contributed by atoms with Gasteiger partial charge in [0.15, 0.2) is 0 Å². The number of rotatable bonds is 2. The van der Waals surface area contributed by atoms with Gasteiger partial charge in [0.05, 0.1) is 40.2 Å². The van der Waals surface area contributed by atoms with Crippen molar-refractivity contribution >= 4 is 34.2 Å². The van der Waals surface area contributed by atoms with Crippen molar-refractivity contribution in [3.05, 3.63) is 49.2 Å². The van der Waals surface area contributed by atoms with E-state index >= 15 is 0 Å². The van der Waals surface area contributed by atoms with Crippen molar-refractivity contribution in [1.82, 2.24) is 19.5 Å². The van der Waals surface area contributed by atoms with E-state index < -0.39 is 0 Å². The van der Waals surface area contributed by atoms with E-state index in [1.807, 2.05) is 22.6 Å². The van der Waals surface area contributed by atoms with Gasteiger partial charge >= 0.3 is 0 Å². The van der Waals surface area contributed by atoms with Gasteiger partial charge in [0.25, 0.3) is 5.56 Å². The van der Waals surface area contributed by atoms with Crippen LogP contribution in [0.2, 0.25) is 5.15 Å². The second-order valence-electron chi connectivity index (χ2n) is 3.41. The quantitative estimate of drug-likeness (QED) is 0.762. The second-order valence-corrected chi connectivity index (χ2v) is 4.87. The van der Waals surface area contributed by atoms with E-state index in [4.69, 9.17) is 11.6 Å². The number of aromatic nitrogens is 4. The summed E-state index contributed by atoms with van der Waals surface area (Å²) in [7, 11) is 0. The van der Waals surface area contributed by atoms with E-state index in [-0.39, 0.29) is 5.56 Å². The Morgan fingerprint density at radius 3 is 2.76 bits per heavy atom. The molecule has 0 atom stereocenters. The average Bonchev–Trinajstić information content (AvgIpc) is 2.33. The van der Waals surface area contributed by atoms with E-state index in [2.05, 4.69) is 15.0 Å². The third kappa shape index (κ3) is 2.81. The first kappa shape index (κ1) is 12.4. The first-order valence-electron chi connectivity index (χ1n) is 4.76. The summed E-state index contributed by atoms with van der Waals surface area (Å²) in [5.74, 6) is 0.